The number of aromatic nitrogens is 5. The molecule has 0 spiro atoms. The van der Waals surface area contributed by atoms with Gasteiger partial charge in [0.25, 0.3) is 0 Å². The summed E-state index contributed by atoms with van der Waals surface area (Å²) < 4.78 is 1.51. The molecule has 1 saturated carbocycles. The highest BCUT2D eigenvalue weighted by Crippen LogP contribution is 2.31. The fourth-order valence-electron chi connectivity index (χ4n) is 2.21. The maximum absolute atomic E-state index is 9.84. The molecule has 1 aliphatic rings. The minimum absolute atomic E-state index is 0.259. The third kappa shape index (κ3) is 1.45. The van der Waals surface area contributed by atoms with E-state index >= 15 is 0 Å². The molecule has 90 valence electrons. The van der Waals surface area contributed by atoms with Crippen LogP contribution in [0.15, 0.2) is 6.33 Å². The van der Waals surface area contributed by atoms with Gasteiger partial charge in [-0.3, -0.25) is 0 Å². The number of anilines is 1. The maximum Gasteiger partial charge on any atom is 0.184 e. The van der Waals surface area contributed by atoms with Gasteiger partial charge in [-0.15, -0.1) is 5.10 Å². The molecule has 0 saturated heterocycles. The Hall–Kier alpha value is -1.80. The normalized spacial score (nSPS) is 28.9. The first-order chi connectivity index (χ1) is 8.18. The van der Waals surface area contributed by atoms with E-state index in [-0.39, 0.29) is 11.9 Å². The van der Waals surface area contributed by atoms with Crippen LogP contribution in [0.5, 0.6) is 0 Å². The van der Waals surface area contributed by atoms with Crippen LogP contribution in [0, 0.1) is 0 Å². The number of hydrogen-bond donors (Lipinski definition) is 3. The molecular weight excluding hydrogens is 224 g/mol. The van der Waals surface area contributed by atoms with Crippen molar-refractivity contribution in [3.05, 3.63) is 6.33 Å². The molecule has 1 fully saturated rings. The number of nitrogen functional groups attached to an aromatic ring is 1. The smallest absolute Gasteiger partial charge is 0.184 e. The molecule has 1 aliphatic carbocycles. The number of fused-ring (bicyclic) bond motifs is 1. The summed E-state index contributed by atoms with van der Waals surface area (Å²) >= 11 is 0. The van der Waals surface area contributed by atoms with Gasteiger partial charge in [-0.1, -0.05) is 5.21 Å². The van der Waals surface area contributed by atoms with E-state index in [9.17, 15) is 10.2 Å². The van der Waals surface area contributed by atoms with Crippen LogP contribution in [-0.2, 0) is 0 Å². The van der Waals surface area contributed by atoms with Crippen LogP contribution in [0.2, 0.25) is 0 Å². The topological polar surface area (TPSA) is 123 Å². The van der Waals surface area contributed by atoms with Gasteiger partial charge in [0.1, 0.15) is 12.4 Å². The van der Waals surface area contributed by atoms with Gasteiger partial charge < -0.3 is 15.9 Å². The van der Waals surface area contributed by atoms with Crippen molar-refractivity contribution < 1.29 is 10.2 Å². The van der Waals surface area contributed by atoms with E-state index in [2.05, 4.69) is 20.3 Å². The van der Waals surface area contributed by atoms with Crippen molar-refractivity contribution in [1.29, 1.82) is 0 Å². The molecule has 0 bridgehead atoms. The molecule has 0 unspecified atom stereocenters. The molecule has 3 atom stereocenters. The second-order valence-electron chi connectivity index (χ2n) is 4.17. The van der Waals surface area contributed by atoms with Crippen molar-refractivity contribution in [2.75, 3.05) is 5.73 Å². The SMILES string of the molecule is Nc1ncnc2c1nnn2[C@@H]1CC[C@@H](O)[C@H]1O. The van der Waals surface area contributed by atoms with Crippen molar-refractivity contribution >= 4 is 17.0 Å². The Kier molecular flexibility index (Phi) is 2.20. The van der Waals surface area contributed by atoms with E-state index in [1.807, 2.05) is 0 Å². The number of aliphatic hydroxyl groups excluding tert-OH is 2. The summed E-state index contributed by atoms with van der Waals surface area (Å²) in [5, 5.41) is 27.2. The van der Waals surface area contributed by atoms with Gasteiger partial charge >= 0.3 is 0 Å². The third-order valence-corrected chi connectivity index (χ3v) is 3.15. The van der Waals surface area contributed by atoms with E-state index in [1.165, 1.54) is 11.0 Å². The fourth-order valence-corrected chi connectivity index (χ4v) is 2.21. The standard InChI is InChI=1S/C9H12N6O2/c10-8-6-9(12-3-11-8)15(14-13-6)4-1-2-5(16)7(4)17/h3-5,7,16-17H,1-2H2,(H2,10,11,12)/t4-,5-,7+/m1/s1. The lowest BCUT2D eigenvalue weighted by molar-refractivity contribution is 0.0215. The van der Waals surface area contributed by atoms with Crippen molar-refractivity contribution in [3.8, 4) is 0 Å². The molecule has 2 aromatic rings. The monoisotopic (exact) mass is 236 g/mol. The molecule has 0 radical (unpaired) electrons. The number of nitrogens with two attached hydrogens (primary N) is 1. The molecule has 0 aromatic carbocycles. The first-order valence-corrected chi connectivity index (χ1v) is 5.36. The van der Waals surface area contributed by atoms with Gasteiger partial charge in [-0.25, -0.2) is 14.6 Å². The Labute approximate surface area is 96.1 Å². The lowest BCUT2D eigenvalue weighted by Gasteiger charge is -2.16. The molecule has 0 aliphatic heterocycles. The Morgan fingerprint density at radius 1 is 1.29 bits per heavy atom. The minimum atomic E-state index is -0.851. The van der Waals surface area contributed by atoms with Gasteiger partial charge in [0.2, 0.25) is 0 Å². The maximum atomic E-state index is 9.84. The summed E-state index contributed by atoms with van der Waals surface area (Å²) in [4.78, 5) is 7.88. The molecular formula is C9H12N6O2. The summed E-state index contributed by atoms with van der Waals surface area (Å²) in [7, 11) is 0. The van der Waals surface area contributed by atoms with Crippen molar-refractivity contribution in [3.63, 3.8) is 0 Å². The summed E-state index contributed by atoms with van der Waals surface area (Å²) in [5.41, 5.74) is 6.55. The minimum Gasteiger partial charge on any atom is -0.390 e. The quantitative estimate of drug-likeness (QED) is 0.571. The number of rotatable bonds is 1. The summed E-state index contributed by atoms with van der Waals surface area (Å²) in [6.07, 6.45) is 0.919. The van der Waals surface area contributed by atoms with E-state index in [4.69, 9.17) is 5.73 Å². The fraction of sp³-hybridized carbons (Fsp3) is 0.556. The van der Waals surface area contributed by atoms with E-state index < -0.39 is 12.2 Å². The van der Waals surface area contributed by atoms with Gasteiger partial charge in [-0.2, -0.15) is 0 Å². The van der Waals surface area contributed by atoms with Gasteiger partial charge in [-0.05, 0) is 12.8 Å². The third-order valence-electron chi connectivity index (χ3n) is 3.15. The van der Waals surface area contributed by atoms with Crippen LogP contribution in [0.1, 0.15) is 18.9 Å². The Bertz CT molecular complexity index is 555. The van der Waals surface area contributed by atoms with E-state index in [0.717, 1.165) is 0 Å². The van der Waals surface area contributed by atoms with E-state index in [0.29, 0.717) is 24.0 Å². The van der Waals surface area contributed by atoms with Gasteiger partial charge in [0.05, 0.1) is 12.1 Å². The van der Waals surface area contributed by atoms with Crippen LogP contribution in [-0.4, -0.2) is 47.4 Å². The molecule has 8 nitrogen and oxygen atoms in total. The lowest BCUT2D eigenvalue weighted by atomic mass is 10.2. The predicted molar refractivity (Wildman–Crippen MR) is 57.8 cm³/mol. The van der Waals surface area contributed by atoms with Gasteiger partial charge in [0.15, 0.2) is 17.0 Å². The number of nitrogens with zero attached hydrogens (tertiary/aromatic N) is 5. The van der Waals surface area contributed by atoms with Gasteiger partial charge in [0, 0.05) is 0 Å². The van der Waals surface area contributed by atoms with Crippen molar-refractivity contribution in [1.82, 2.24) is 25.0 Å². The zero-order valence-electron chi connectivity index (χ0n) is 8.93. The summed E-state index contributed by atoms with van der Waals surface area (Å²) in [6, 6.07) is -0.315. The first-order valence-electron chi connectivity index (χ1n) is 5.36. The summed E-state index contributed by atoms with van der Waals surface area (Å²) in [6.45, 7) is 0. The molecule has 4 N–H and O–H groups in total. The Morgan fingerprint density at radius 2 is 2.12 bits per heavy atom. The molecule has 17 heavy (non-hydrogen) atoms. The second-order valence-corrected chi connectivity index (χ2v) is 4.17. The van der Waals surface area contributed by atoms with Crippen LogP contribution in [0.25, 0.3) is 11.2 Å². The molecule has 8 heteroatoms. The Balaban J connectivity index is 2.10. The van der Waals surface area contributed by atoms with E-state index in [1.54, 1.807) is 0 Å². The highest BCUT2D eigenvalue weighted by atomic mass is 16.3. The highest BCUT2D eigenvalue weighted by Gasteiger charge is 2.36. The second kappa shape index (κ2) is 3.60. The molecule has 3 rings (SSSR count). The van der Waals surface area contributed by atoms with Crippen LogP contribution < -0.4 is 5.73 Å². The molecule has 2 heterocycles. The Morgan fingerprint density at radius 3 is 2.82 bits per heavy atom. The highest BCUT2D eigenvalue weighted by molar-refractivity contribution is 5.80. The lowest BCUT2D eigenvalue weighted by Crippen LogP contribution is -2.27. The molecule has 0 amide bonds. The number of hydrogen-bond acceptors (Lipinski definition) is 7. The largest absolute Gasteiger partial charge is 0.390 e. The summed E-state index contributed by atoms with van der Waals surface area (Å²) in [5.74, 6) is 0.259. The van der Waals surface area contributed by atoms with Crippen LogP contribution in [0.4, 0.5) is 5.82 Å². The average Bonchev–Trinajstić information content (AvgIpc) is 2.86. The zero-order valence-corrected chi connectivity index (χ0v) is 8.93. The average molecular weight is 236 g/mol. The first kappa shape index (κ1) is 10.4. The van der Waals surface area contributed by atoms with Crippen LogP contribution >= 0.6 is 0 Å². The predicted octanol–water partition coefficient (Wildman–Crippen LogP) is -1.14. The van der Waals surface area contributed by atoms with Crippen molar-refractivity contribution in [2.45, 2.75) is 31.1 Å². The zero-order chi connectivity index (χ0) is 12.0. The number of aliphatic hydroxyl groups is 2. The van der Waals surface area contributed by atoms with Crippen LogP contribution in [0.3, 0.4) is 0 Å². The molecule has 2 aromatic heterocycles. The van der Waals surface area contributed by atoms with Crippen molar-refractivity contribution in [2.24, 2.45) is 0 Å².